The monoisotopic (exact) mass is 631 g/mol. The van der Waals surface area contributed by atoms with E-state index in [9.17, 15) is 14.4 Å². The molecule has 2 aliphatic rings. The number of anilines is 1. The lowest BCUT2D eigenvalue weighted by atomic mass is 9.72. The summed E-state index contributed by atoms with van der Waals surface area (Å²) in [5.74, 6) is 0.391. The van der Waals surface area contributed by atoms with E-state index in [0.717, 1.165) is 39.5 Å². The number of aliphatic carboxylic acids is 1. The fraction of sp³-hybridized carbons (Fsp3) is 0.500. The van der Waals surface area contributed by atoms with Gasteiger partial charge in [-0.15, -0.1) is 0 Å². The van der Waals surface area contributed by atoms with Gasteiger partial charge in [0.15, 0.2) is 0 Å². The number of carboxylic acid groups (broad SMARTS) is 1. The highest BCUT2D eigenvalue weighted by Crippen LogP contribution is 2.39. The smallest absolute Gasteiger partial charge is 0.322 e. The minimum Gasteiger partial charge on any atom is -0.481 e. The molecule has 0 saturated heterocycles. The fourth-order valence-corrected chi connectivity index (χ4v) is 6.50. The first-order valence-electron chi connectivity index (χ1n) is 13.8. The van der Waals surface area contributed by atoms with Gasteiger partial charge in [0, 0.05) is 34.0 Å². The van der Waals surface area contributed by atoms with Crippen molar-refractivity contribution in [3.8, 4) is 0 Å². The number of hydrogen-bond acceptors (Lipinski definition) is 3. The zero-order chi connectivity index (χ0) is 26.9. The zero-order valence-corrected chi connectivity index (χ0v) is 24.0. The second-order valence-electron chi connectivity index (χ2n) is 10.6. The molecule has 3 N–H and O–H groups in total. The van der Waals surface area contributed by atoms with Crippen LogP contribution in [-0.4, -0.2) is 40.5 Å². The average molecular weight is 632 g/mol. The minimum absolute atomic E-state index is 0.0891. The van der Waals surface area contributed by atoms with E-state index in [4.69, 9.17) is 5.11 Å². The van der Waals surface area contributed by atoms with Gasteiger partial charge in [-0.2, -0.15) is 0 Å². The zero-order valence-electron chi connectivity index (χ0n) is 21.8. The number of nitrogens with zero attached hydrogens (tertiary/aromatic N) is 1. The van der Waals surface area contributed by atoms with Crippen molar-refractivity contribution in [3.05, 3.63) is 63.2 Å². The predicted molar refractivity (Wildman–Crippen MR) is 157 cm³/mol. The van der Waals surface area contributed by atoms with E-state index < -0.39 is 5.97 Å². The van der Waals surface area contributed by atoms with E-state index in [1.54, 1.807) is 12.1 Å². The van der Waals surface area contributed by atoms with Gasteiger partial charge in [0.2, 0.25) is 0 Å². The maximum atomic E-state index is 13.6. The molecule has 0 unspecified atom stereocenters. The normalized spacial score (nSPS) is 19.9. The highest BCUT2D eigenvalue weighted by atomic mass is 127. The van der Waals surface area contributed by atoms with E-state index >= 15 is 0 Å². The van der Waals surface area contributed by atoms with Gasteiger partial charge in [-0.1, -0.05) is 50.3 Å². The van der Waals surface area contributed by atoms with Crippen molar-refractivity contribution in [2.45, 2.75) is 76.8 Å². The van der Waals surface area contributed by atoms with Crippen molar-refractivity contribution in [1.29, 1.82) is 0 Å². The van der Waals surface area contributed by atoms with Crippen molar-refractivity contribution in [2.75, 3.05) is 11.9 Å². The Bertz CT molecular complexity index is 1090. The van der Waals surface area contributed by atoms with E-state index in [-0.39, 0.29) is 30.9 Å². The van der Waals surface area contributed by atoms with E-state index in [2.05, 4.69) is 33.2 Å². The lowest BCUT2D eigenvalue weighted by Gasteiger charge is -2.40. The summed E-state index contributed by atoms with van der Waals surface area (Å²) in [4.78, 5) is 38.6. The largest absolute Gasteiger partial charge is 0.481 e. The summed E-state index contributed by atoms with van der Waals surface area (Å²) >= 11 is 2.25. The van der Waals surface area contributed by atoms with Crippen LogP contribution in [0.2, 0.25) is 0 Å². The predicted octanol–water partition coefficient (Wildman–Crippen LogP) is 6.67. The summed E-state index contributed by atoms with van der Waals surface area (Å²) in [6.45, 7) is 0.557. The van der Waals surface area contributed by atoms with Gasteiger partial charge >= 0.3 is 12.0 Å². The Morgan fingerprint density at radius 2 is 1.58 bits per heavy atom. The molecule has 0 aromatic heterocycles. The van der Waals surface area contributed by atoms with Crippen molar-refractivity contribution in [3.63, 3.8) is 0 Å². The summed E-state index contributed by atoms with van der Waals surface area (Å²) in [5.41, 5.74) is 2.22. The molecule has 204 valence electrons. The highest BCUT2D eigenvalue weighted by Gasteiger charge is 2.33. The van der Waals surface area contributed by atoms with Crippen LogP contribution in [0.5, 0.6) is 0 Å². The Morgan fingerprint density at radius 1 is 0.895 bits per heavy atom. The Hall–Kier alpha value is -2.62. The summed E-state index contributed by atoms with van der Waals surface area (Å²) in [6, 6.07) is 15.1. The van der Waals surface area contributed by atoms with E-state index in [1.807, 2.05) is 41.3 Å². The average Bonchev–Trinajstić information content (AvgIpc) is 2.92. The first-order valence-corrected chi connectivity index (χ1v) is 14.9. The maximum absolute atomic E-state index is 13.6. The quantitative estimate of drug-likeness (QED) is 0.270. The van der Waals surface area contributed by atoms with Crippen LogP contribution in [0.15, 0.2) is 48.5 Å². The highest BCUT2D eigenvalue weighted by molar-refractivity contribution is 14.1. The third-order valence-electron chi connectivity index (χ3n) is 8.03. The third kappa shape index (κ3) is 8.19. The second kappa shape index (κ2) is 14.0. The lowest BCUT2D eigenvalue weighted by Crippen LogP contribution is -2.44. The van der Waals surface area contributed by atoms with Crippen LogP contribution in [0.1, 0.15) is 80.1 Å². The molecule has 0 bridgehead atoms. The molecule has 4 rings (SSSR count). The number of halogens is 1. The summed E-state index contributed by atoms with van der Waals surface area (Å²) in [6.07, 6.45) is 11.1. The van der Waals surface area contributed by atoms with Crippen LogP contribution in [0.4, 0.5) is 10.5 Å². The Balaban J connectivity index is 1.42. The molecule has 2 aromatic rings. The Kier molecular flexibility index (Phi) is 10.4. The van der Waals surface area contributed by atoms with Gasteiger partial charge in [-0.05, 0) is 96.0 Å². The van der Waals surface area contributed by atoms with Crippen LogP contribution in [-0.2, 0) is 11.3 Å². The topological polar surface area (TPSA) is 98.7 Å². The first-order chi connectivity index (χ1) is 18.4. The van der Waals surface area contributed by atoms with Crippen molar-refractivity contribution < 1.29 is 19.5 Å². The minimum atomic E-state index is -0.947. The molecule has 3 amide bonds. The second-order valence-corrected chi connectivity index (χ2v) is 11.9. The molecular weight excluding hydrogens is 593 g/mol. The first kappa shape index (κ1) is 28.4. The summed E-state index contributed by atoms with van der Waals surface area (Å²) in [7, 11) is 0. The van der Waals surface area contributed by atoms with Gasteiger partial charge in [0.05, 0.1) is 6.42 Å². The molecule has 2 aliphatic carbocycles. The maximum Gasteiger partial charge on any atom is 0.322 e. The van der Waals surface area contributed by atoms with Gasteiger partial charge in [0.25, 0.3) is 5.91 Å². The molecular formula is C30H38IN3O4. The van der Waals surface area contributed by atoms with E-state index in [1.165, 1.54) is 44.9 Å². The van der Waals surface area contributed by atoms with Crippen molar-refractivity contribution >= 4 is 46.2 Å². The molecule has 0 atom stereocenters. The molecule has 2 aromatic carbocycles. The number of hydrogen-bond donors (Lipinski definition) is 3. The number of amides is 3. The molecule has 0 aliphatic heterocycles. The van der Waals surface area contributed by atoms with E-state index in [0.29, 0.717) is 12.1 Å². The van der Waals surface area contributed by atoms with Gasteiger partial charge < -0.3 is 20.6 Å². The Morgan fingerprint density at radius 3 is 2.24 bits per heavy atom. The number of rotatable bonds is 9. The number of benzene rings is 2. The Labute approximate surface area is 238 Å². The standard InChI is InChI=1S/C30H38IN3O4/c31-25-7-4-8-26(19-25)33-30(38)34(27-15-13-23(14-16-27)22-5-2-1-3-6-22)20-21-9-11-24(12-10-21)29(37)32-18-17-28(35)36/h4,7-12,19,22-23,27H,1-3,5-6,13-18,20H2,(H,32,37)(H,33,38)(H,35,36). The molecule has 8 heteroatoms. The summed E-state index contributed by atoms with van der Waals surface area (Å²) < 4.78 is 1.07. The van der Waals surface area contributed by atoms with Crippen molar-refractivity contribution in [1.82, 2.24) is 10.2 Å². The molecule has 0 radical (unpaired) electrons. The van der Waals surface area contributed by atoms with Crippen LogP contribution >= 0.6 is 22.6 Å². The van der Waals surface area contributed by atoms with Gasteiger partial charge in [-0.25, -0.2) is 4.79 Å². The lowest BCUT2D eigenvalue weighted by molar-refractivity contribution is -0.136. The third-order valence-corrected chi connectivity index (χ3v) is 8.70. The van der Waals surface area contributed by atoms with Crippen LogP contribution in [0.25, 0.3) is 0 Å². The van der Waals surface area contributed by atoms with Crippen LogP contribution in [0.3, 0.4) is 0 Å². The van der Waals surface area contributed by atoms with Crippen LogP contribution in [0, 0.1) is 15.4 Å². The number of carbonyl (C=O) groups excluding carboxylic acids is 2. The summed E-state index contributed by atoms with van der Waals surface area (Å²) in [5, 5.41) is 14.5. The fourth-order valence-electron chi connectivity index (χ4n) is 5.96. The molecule has 7 nitrogen and oxygen atoms in total. The van der Waals surface area contributed by atoms with Crippen molar-refractivity contribution in [2.24, 2.45) is 11.8 Å². The molecule has 2 saturated carbocycles. The van der Waals surface area contributed by atoms with Crippen LogP contribution < -0.4 is 10.6 Å². The number of carboxylic acids is 1. The van der Waals surface area contributed by atoms with Gasteiger partial charge in [0.1, 0.15) is 0 Å². The number of nitrogens with one attached hydrogen (secondary N) is 2. The molecule has 0 spiro atoms. The SMILES string of the molecule is O=C(O)CCNC(=O)c1ccc(CN(C(=O)Nc2cccc(I)c2)C2CCC(C3CCCCC3)CC2)cc1. The molecule has 2 fully saturated rings. The number of carbonyl (C=O) groups is 3. The van der Waals surface area contributed by atoms with Gasteiger partial charge in [-0.3, -0.25) is 9.59 Å². The molecule has 0 heterocycles. The molecule has 38 heavy (non-hydrogen) atoms. The number of urea groups is 1.